The van der Waals surface area contributed by atoms with Gasteiger partial charge in [0, 0.05) is 47.1 Å². The Kier molecular flexibility index (Phi) is 6.69. The van der Waals surface area contributed by atoms with Crippen molar-refractivity contribution in [2.45, 2.75) is 12.8 Å². The van der Waals surface area contributed by atoms with Gasteiger partial charge in [0.1, 0.15) is 29.0 Å². The van der Waals surface area contributed by atoms with Gasteiger partial charge in [0.2, 0.25) is 0 Å². The summed E-state index contributed by atoms with van der Waals surface area (Å²) in [5.41, 5.74) is 9.51. The number of nitrogens with one attached hydrogen (secondary N) is 1. The first-order chi connectivity index (χ1) is 17.5. The number of aromatic nitrogens is 4. The maximum Gasteiger partial charge on any atom is 0.132 e. The zero-order valence-corrected chi connectivity index (χ0v) is 19.8. The molecular formula is C27H21ClF2N6. The molecule has 0 saturated carbocycles. The number of aromatic amines is 1. The highest BCUT2D eigenvalue weighted by Gasteiger charge is 2.17. The number of nitrogens with two attached hydrogens (primary N) is 1. The highest BCUT2D eigenvalue weighted by atomic mass is 35.5. The molecule has 0 unspecified atom stereocenters. The van der Waals surface area contributed by atoms with Gasteiger partial charge in [0.25, 0.3) is 0 Å². The molecule has 6 nitrogen and oxygen atoms in total. The van der Waals surface area contributed by atoms with Crippen molar-refractivity contribution in [2.24, 2.45) is 10.7 Å². The van der Waals surface area contributed by atoms with Gasteiger partial charge in [-0.3, -0.25) is 4.99 Å². The van der Waals surface area contributed by atoms with Crippen LogP contribution in [0.3, 0.4) is 0 Å². The van der Waals surface area contributed by atoms with Gasteiger partial charge < -0.3 is 10.7 Å². The molecule has 0 bridgehead atoms. The van der Waals surface area contributed by atoms with Crippen LogP contribution in [0, 0.1) is 11.6 Å². The largest absolute Gasteiger partial charge is 0.384 e. The fourth-order valence-corrected chi connectivity index (χ4v) is 4.03. The molecule has 0 fully saturated rings. The summed E-state index contributed by atoms with van der Waals surface area (Å²) in [6, 6.07) is 15.4. The highest BCUT2D eigenvalue weighted by Crippen LogP contribution is 2.34. The average molecular weight is 503 g/mol. The van der Waals surface area contributed by atoms with Gasteiger partial charge in [0.05, 0.1) is 16.7 Å². The molecule has 0 aliphatic rings. The van der Waals surface area contributed by atoms with Gasteiger partial charge in [-0.25, -0.2) is 23.7 Å². The quantitative estimate of drug-likeness (QED) is 0.163. The van der Waals surface area contributed by atoms with E-state index in [4.69, 9.17) is 27.3 Å². The van der Waals surface area contributed by atoms with Gasteiger partial charge in [-0.2, -0.15) is 0 Å². The van der Waals surface area contributed by atoms with Crippen molar-refractivity contribution in [3.05, 3.63) is 101 Å². The number of H-pyrrole nitrogens is 1. The standard InChI is InChI=1S/C27H21ClF2N6/c28-18-6-9-21(30)20(15-18)26-25(16-3-7-19(29)8-4-16)35-22-10-5-17(14-23(22)36-26)27(31)34-11-1-2-24-32-12-13-33-24/h3-10,12-15H,1-2,11H2,(H2,31,34)(H,32,33). The van der Waals surface area contributed by atoms with Gasteiger partial charge in [-0.1, -0.05) is 11.6 Å². The van der Waals surface area contributed by atoms with Crippen molar-refractivity contribution < 1.29 is 8.78 Å². The molecule has 0 atom stereocenters. The number of fused-ring (bicyclic) bond motifs is 1. The zero-order chi connectivity index (χ0) is 25.1. The maximum absolute atomic E-state index is 14.9. The topological polar surface area (TPSA) is 92.8 Å². The lowest BCUT2D eigenvalue weighted by Gasteiger charge is -2.12. The van der Waals surface area contributed by atoms with E-state index in [2.05, 4.69) is 15.0 Å². The van der Waals surface area contributed by atoms with Crippen LogP contribution in [0.15, 0.2) is 78.0 Å². The molecule has 36 heavy (non-hydrogen) atoms. The Morgan fingerprint density at radius 1 is 0.944 bits per heavy atom. The molecule has 9 heteroatoms. The third-order valence-corrected chi connectivity index (χ3v) is 5.90. The fourth-order valence-electron chi connectivity index (χ4n) is 3.86. The maximum atomic E-state index is 14.9. The van der Waals surface area contributed by atoms with Crippen LogP contribution in [0.5, 0.6) is 0 Å². The van der Waals surface area contributed by atoms with Gasteiger partial charge in [0.15, 0.2) is 0 Å². The molecule has 3 aromatic carbocycles. The number of imidazole rings is 1. The van der Waals surface area contributed by atoms with E-state index < -0.39 is 5.82 Å². The first kappa shape index (κ1) is 23.6. The molecule has 2 aromatic heterocycles. The van der Waals surface area contributed by atoms with Gasteiger partial charge in [-0.05, 0) is 67.1 Å². The lowest BCUT2D eigenvalue weighted by atomic mass is 10.0. The lowest BCUT2D eigenvalue weighted by molar-refractivity contribution is 0.628. The van der Waals surface area contributed by atoms with Crippen molar-refractivity contribution in [1.82, 2.24) is 19.9 Å². The van der Waals surface area contributed by atoms with Crippen LogP contribution >= 0.6 is 11.6 Å². The van der Waals surface area contributed by atoms with E-state index in [0.717, 1.165) is 18.7 Å². The van der Waals surface area contributed by atoms with Crippen LogP contribution < -0.4 is 5.73 Å². The van der Waals surface area contributed by atoms with Crippen LogP contribution in [-0.4, -0.2) is 32.3 Å². The number of amidine groups is 1. The smallest absolute Gasteiger partial charge is 0.132 e. The van der Waals surface area contributed by atoms with Crippen molar-refractivity contribution in [1.29, 1.82) is 0 Å². The fraction of sp³-hybridized carbons (Fsp3) is 0.111. The summed E-state index contributed by atoms with van der Waals surface area (Å²) < 4.78 is 28.4. The van der Waals surface area contributed by atoms with Crippen molar-refractivity contribution in [3.8, 4) is 22.5 Å². The molecule has 5 rings (SSSR count). The van der Waals surface area contributed by atoms with E-state index in [1.165, 1.54) is 30.3 Å². The molecule has 3 N–H and O–H groups in total. The van der Waals surface area contributed by atoms with Crippen molar-refractivity contribution in [2.75, 3.05) is 6.54 Å². The number of benzene rings is 3. The van der Waals surface area contributed by atoms with Crippen LogP contribution in [0.4, 0.5) is 8.78 Å². The number of rotatable bonds is 7. The SMILES string of the molecule is NC(=NCCCc1ncc[nH]1)c1ccc2nc(-c3ccc(F)cc3)c(-c3cc(Cl)ccc3F)nc2c1. The summed E-state index contributed by atoms with van der Waals surface area (Å²) in [7, 11) is 0. The molecule has 5 aromatic rings. The lowest BCUT2D eigenvalue weighted by Crippen LogP contribution is -2.14. The summed E-state index contributed by atoms with van der Waals surface area (Å²) in [5.74, 6) is 0.399. The Balaban J connectivity index is 1.53. The second-order valence-corrected chi connectivity index (χ2v) is 8.60. The van der Waals surface area contributed by atoms with Crippen LogP contribution in [-0.2, 0) is 6.42 Å². The second kappa shape index (κ2) is 10.2. The Morgan fingerprint density at radius 2 is 1.75 bits per heavy atom. The van der Waals surface area contributed by atoms with Gasteiger partial charge in [-0.15, -0.1) is 0 Å². The van der Waals surface area contributed by atoms with E-state index in [1.54, 1.807) is 36.7 Å². The highest BCUT2D eigenvalue weighted by molar-refractivity contribution is 6.30. The third kappa shape index (κ3) is 5.08. The average Bonchev–Trinajstić information content (AvgIpc) is 3.41. The van der Waals surface area contributed by atoms with Crippen LogP contribution in [0.2, 0.25) is 5.02 Å². The third-order valence-electron chi connectivity index (χ3n) is 5.67. The molecule has 0 spiro atoms. The monoisotopic (exact) mass is 502 g/mol. The number of halogens is 3. The molecule has 180 valence electrons. The summed E-state index contributed by atoms with van der Waals surface area (Å²) in [5, 5.41) is 0.359. The minimum atomic E-state index is -0.495. The first-order valence-electron chi connectivity index (χ1n) is 11.3. The minimum absolute atomic E-state index is 0.196. The molecule has 0 aliphatic carbocycles. The first-order valence-corrected chi connectivity index (χ1v) is 11.7. The van der Waals surface area contributed by atoms with E-state index >= 15 is 0 Å². The Bertz CT molecular complexity index is 1550. The molecule has 0 radical (unpaired) electrons. The summed E-state index contributed by atoms with van der Waals surface area (Å²) >= 11 is 6.16. The van der Waals surface area contributed by atoms with E-state index in [9.17, 15) is 8.78 Å². The number of hydrogen-bond acceptors (Lipinski definition) is 4. The number of aliphatic imine (C=N–C) groups is 1. The predicted molar refractivity (Wildman–Crippen MR) is 138 cm³/mol. The predicted octanol–water partition coefficient (Wildman–Crippen LogP) is 5.96. The molecule has 0 saturated heterocycles. The van der Waals surface area contributed by atoms with Crippen molar-refractivity contribution in [3.63, 3.8) is 0 Å². The number of aryl methyl sites for hydroxylation is 1. The van der Waals surface area contributed by atoms with Crippen molar-refractivity contribution >= 4 is 28.5 Å². The second-order valence-electron chi connectivity index (χ2n) is 8.16. The van der Waals surface area contributed by atoms with E-state index in [1.807, 2.05) is 6.07 Å². The number of nitrogens with zero attached hydrogens (tertiary/aromatic N) is 4. The van der Waals surface area contributed by atoms with Crippen LogP contribution in [0.1, 0.15) is 17.8 Å². The van der Waals surface area contributed by atoms with Crippen LogP contribution in [0.25, 0.3) is 33.5 Å². The molecule has 2 heterocycles. The Morgan fingerprint density at radius 3 is 2.53 bits per heavy atom. The molecular weight excluding hydrogens is 482 g/mol. The van der Waals surface area contributed by atoms with E-state index in [0.29, 0.717) is 51.0 Å². The summed E-state index contributed by atoms with van der Waals surface area (Å²) in [4.78, 5) is 21.2. The molecule has 0 amide bonds. The summed E-state index contributed by atoms with van der Waals surface area (Å²) in [6.45, 7) is 0.540. The Labute approximate surface area is 210 Å². The molecule has 0 aliphatic heterocycles. The zero-order valence-electron chi connectivity index (χ0n) is 19.0. The van der Waals surface area contributed by atoms with E-state index in [-0.39, 0.29) is 11.4 Å². The number of hydrogen-bond donors (Lipinski definition) is 2. The summed E-state index contributed by atoms with van der Waals surface area (Å²) in [6.07, 6.45) is 5.07. The Hall–Kier alpha value is -4.17. The normalized spacial score (nSPS) is 11.8. The minimum Gasteiger partial charge on any atom is -0.384 e. The van der Waals surface area contributed by atoms with Gasteiger partial charge >= 0.3 is 0 Å².